The lowest BCUT2D eigenvalue weighted by molar-refractivity contribution is -0.118. The first-order chi connectivity index (χ1) is 14.6. The van der Waals surface area contributed by atoms with Crippen molar-refractivity contribution in [2.75, 3.05) is 34.8 Å². The van der Waals surface area contributed by atoms with E-state index < -0.39 is 0 Å². The maximum absolute atomic E-state index is 11.8. The molecule has 4 heterocycles. The van der Waals surface area contributed by atoms with E-state index in [2.05, 4.69) is 19.9 Å². The number of hydrogen-bond donors (Lipinski definition) is 0. The van der Waals surface area contributed by atoms with Crippen molar-refractivity contribution in [1.29, 1.82) is 0 Å². The van der Waals surface area contributed by atoms with Crippen molar-refractivity contribution in [3.63, 3.8) is 0 Å². The van der Waals surface area contributed by atoms with Crippen LogP contribution in [0.4, 0.5) is 17.3 Å². The molecule has 2 aliphatic heterocycles. The smallest absolute Gasteiger partial charge is 0.246 e. The molecule has 11 heteroatoms. The summed E-state index contributed by atoms with van der Waals surface area (Å²) in [7, 11) is 1.72. The van der Waals surface area contributed by atoms with E-state index in [-0.39, 0.29) is 34.3 Å². The summed E-state index contributed by atoms with van der Waals surface area (Å²) in [6.45, 7) is 8.82. The number of likely N-dealkylation sites (N-methyl/N-ethyl adjacent to an activating group) is 1. The predicted molar refractivity (Wildman–Crippen MR) is 121 cm³/mol. The van der Waals surface area contributed by atoms with Crippen LogP contribution in [0.2, 0.25) is 10.6 Å². The number of Topliss-reactive ketones (excluding diaryl/α,β-unsaturated/α-hetero) is 1. The number of rotatable bonds is 2. The Kier molecular flexibility index (Phi) is 6.96. The van der Waals surface area contributed by atoms with Gasteiger partial charge in [0.2, 0.25) is 16.5 Å². The van der Waals surface area contributed by atoms with Crippen LogP contribution >= 0.6 is 23.2 Å². The number of carbonyl (C=O) groups is 2. The molecule has 0 aromatic carbocycles. The molecule has 2 aromatic rings. The van der Waals surface area contributed by atoms with Crippen LogP contribution in [-0.4, -0.2) is 63.8 Å². The summed E-state index contributed by atoms with van der Waals surface area (Å²) in [6.07, 6.45) is 3.63. The summed E-state index contributed by atoms with van der Waals surface area (Å²) >= 11 is 11.5. The van der Waals surface area contributed by atoms with Gasteiger partial charge in [-0.25, -0.2) is 15.0 Å². The zero-order valence-electron chi connectivity index (χ0n) is 18.1. The lowest BCUT2D eigenvalue weighted by Crippen LogP contribution is -2.47. The first-order valence-electron chi connectivity index (χ1n) is 9.94. The van der Waals surface area contributed by atoms with Crippen LogP contribution in [-0.2, 0) is 16.0 Å². The van der Waals surface area contributed by atoms with Crippen molar-refractivity contribution in [3.8, 4) is 0 Å². The second-order valence-electron chi connectivity index (χ2n) is 7.95. The number of anilines is 3. The maximum atomic E-state index is 11.8. The van der Waals surface area contributed by atoms with Gasteiger partial charge >= 0.3 is 0 Å². The molecule has 2 aliphatic rings. The van der Waals surface area contributed by atoms with Crippen LogP contribution < -0.4 is 14.7 Å². The van der Waals surface area contributed by atoms with E-state index in [9.17, 15) is 9.59 Å². The average molecular weight is 466 g/mol. The van der Waals surface area contributed by atoms with Gasteiger partial charge in [-0.3, -0.25) is 9.59 Å². The second kappa shape index (κ2) is 9.32. The van der Waals surface area contributed by atoms with Crippen LogP contribution in [0.15, 0.2) is 12.4 Å². The number of hydrogen-bond acceptors (Lipinski definition) is 8. The Balaban J connectivity index is 0.000000176. The Labute approximate surface area is 191 Å². The van der Waals surface area contributed by atoms with Crippen molar-refractivity contribution < 1.29 is 9.59 Å². The van der Waals surface area contributed by atoms with Gasteiger partial charge in [0, 0.05) is 37.3 Å². The normalized spacial score (nSPS) is 15.7. The largest absolute Gasteiger partial charge is 0.346 e. The molecule has 166 valence electrons. The Morgan fingerprint density at radius 3 is 2.03 bits per heavy atom. The standard InChI is InChI=1S/C10H13ClN4O.C10H12ClN3O/c1-6(2)15-5-8(16)14(3)7-4-12-10(11)13-9(7)15;1-6(2)14-5-8(15)3-7-4-12-10(11)13-9(7)14/h4,6H,5H2,1-3H3;4,6H,3,5H2,1-2H3. The highest BCUT2D eigenvalue weighted by Crippen LogP contribution is 2.32. The van der Waals surface area contributed by atoms with E-state index in [0.29, 0.717) is 25.2 Å². The number of aromatic nitrogens is 4. The second-order valence-corrected chi connectivity index (χ2v) is 8.62. The summed E-state index contributed by atoms with van der Waals surface area (Å²) in [4.78, 5) is 44.9. The van der Waals surface area contributed by atoms with Gasteiger partial charge in [0.1, 0.15) is 11.5 Å². The number of fused-ring (bicyclic) bond motifs is 2. The Bertz CT molecular complexity index is 999. The number of nitrogens with zero attached hydrogens (tertiary/aromatic N) is 7. The third-order valence-electron chi connectivity index (χ3n) is 5.10. The van der Waals surface area contributed by atoms with Crippen molar-refractivity contribution in [2.24, 2.45) is 0 Å². The SMILES string of the molecule is CC(C)N1CC(=O)Cc2cnc(Cl)nc21.CC(C)N1CC(=O)N(C)c2cnc(Cl)nc21. The van der Waals surface area contributed by atoms with Crippen LogP contribution in [0, 0.1) is 0 Å². The van der Waals surface area contributed by atoms with Crippen molar-refractivity contribution >= 4 is 52.2 Å². The molecule has 4 rings (SSSR count). The molecule has 31 heavy (non-hydrogen) atoms. The fraction of sp³-hybridized carbons (Fsp3) is 0.500. The molecule has 0 aliphatic carbocycles. The minimum atomic E-state index is 0.0344. The molecule has 9 nitrogen and oxygen atoms in total. The molecule has 0 saturated heterocycles. The first kappa shape index (κ1) is 23.1. The molecule has 0 saturated carbocycles. The summed E-state index contributed by atoms with van der Waals surface area (Å²) in [6, 6.07) is 0.432. The number of halogens is 2. The van der Waals surface area contributed by atoms with Crippen molar-refractivity contribution in [1.82, 2.24) is 19.9 Å². The topological polar surface area (TPSA) is 95.4 Å². The summed E-state index contributed by atoms with van der Waals surface area (Å²) < 4.78 is 0. The van der Waals surface area contributed by atoms with Crippen LogP contribution in [0.5, 0.6) is 0 Å². The lowest BCUT2D eigenvalue weighted by atomic mass is 10.1. The summed E-state index contributed by atoms with van der Waals surface area (Å²) in [5.41, 5.74) is 1.57. The first-order valence-corrected chi connectivity index (χ1v) is 10.7. The Hall–Kier alpha value is -2.52. The molecule has 0 N–H and O–H groups in total. The van der Waals surface area contributed by atoms with Gasteiger partial charge in [0.05, 0.1) is 19.3 Å². The van der Waals surface area contributed by atoms with Gasteiger partial charge in [-0.2, -0.15) is 4.98 Å². The maximum Gasteiger partial charge on any atom is 0.246 e. The van der Waals surface area contributed by atoms with Crippen molar-refractivity contribution in [2.45, 2.75) is 46.2 Å². The average Bonchev–Trinajstić information content (AvgIpc) is 2.70. The monoisotopic (exact) mass is 465 g/mol. The molecule has 1 amide bonds. The number of carbonyl (C=O) groups excluding carboxylic acids is 2. The third-order valence-corrected chi connectivity index (χ3v) is 5.46. The summed E-state index contributed by atoms with van der Waals surface area (Å²) in [5.74, 6) is 1.75. The fourth-order valence-electron chi connectivity index (χ4n) is 3.39. The zero-order chi connectivity index (χ0) is 22.9. The van der Waals surface area contributed by atoms with Gasteiger partial charge in [0.15, 0.2) is 11.6 Å². The van der Waals surface area contributed by atoms with Crippen molar-refractivity contribution in [3.05, 3.63) is 28.5 Å². The molecule has 2 aromatic heterocycles. The van der Waals surface area contributed by atoms with Gasteiger partial charge in [-0.05, 0) is 50.9 Å². The molecule has 0 fully saturated rings. The number of amides is 1. The molecule has 0 atom stereocenters. The minimum Gasteiger partial charge on any atom is -0.346 e. The number of ketones is 1. The molecule has 0 radical (unpaired) electrons. The molecule has 0 spiro atoms. The fourth-order valence-corrected chi connectivity index (χ4v) is 3.65. The highest BCUT2D eigenvalue weighted by Gasteiger charge is 2.30. The minimum absolute atomic E-state index is 0.0344. The third kappa shape index (κ3) is 5.04. The van der Waals surface area contributed by atoms with E-state index in [1.165, 1.54) is 0 Å². The highest BCUT2D eigenvalue weighted by atomic mass is 35.5. The van der Waals surface area contributed by atoms with Crippen LogP contribution in [0.3, 0.4) is 0 Å². The predicted octanol–water partition coefficient (Wildman–Crippen LogP) is 2.79. The molecule has 0 unspecified atom stereocenters. The van der Waals surface area contributed by atoms with E-state index in [0.717, 1.165) is 17.2 Å². The van der Waals surface area contributed by atoms with E-state index in [4.69, 9.17) is 23.2 Å². The van der Waals surface area contributed by atoms with Gasteiger partial charge in [0.25, 0.3) is 0 Å². The quantitative estimate of drug-likeness (QED) is 0.624. The van der Waals surface area contributed by atoms with Crippen LogP contribution in [0.1, 0.15) is 33.3 Å². The van der Waals surface area contributed by atoms with Crippen LogP contribution in [0.25, 0.3) is 0 Å². The highest BCUT2D eigenvalue weighted by molar-refractivity contribution is 6.28. The molecular formula is C20H25Cl2N7O2. The molecule has 0 bridgehead atoms. The van der Waals surface area contributed by atoms with E-state index >= 15 is 0 Å². The lowest BCUT2D eigenvalue weighted by Gasteiger charge is -2.36. The Morgan fingerprint density at radius 2 is 1.42 bits per heavy atom. The van der Waals surface area contributed by atoms with Gasteiger partial charge in [-0.1, -0.05) is 0 Å². The zero-order valence-corrected chi connectivity index (χ0v) is 19.6. The van der Waals surface area contributed by atoms with E-state index in [1.54, 1.807) is 24.3 Å². The summed E-state index contributed by atoms with van der Waals surface area (Å²) in [5, 5.41) is 0.431. The van der Waals surface area contributed by atoms with E-state index in [1.807, 2.05) is 37.5 Å². The Morgan fingerprint density at radius 1 is 0.871 bits per heavy atom. The van der Waals surface area contributed by atoms with Gasteiger partial charge < -0.3 is 14.7 Å². The molecular weight excluding hydrogens is 441 g/mol. The van der Waals surface area contributed by atoms with Gasteiger partial charge in [-0.15, -0.1) is 0 Å².